The normalized spacial score (nSPS) is 21.4. The number of hydrazone groups is 1. The lowest BCUT2D eigenvalue weighted by molar-refractivity contribution is -0.123. The number of aliphatic hydroxyl groups is 1. The zero-order chi connectivity index (χ0) is 10.6. The molecule has 0 radical (unpaired) electrons. The van der Waals surface area contributed by atoms with E-state index in [2.05, 4.69) is 11.7 Å². The van der Waals surface area contributed by atoms with E-state index in [4.69, 9.17) is 5.84 Å². The van der Waals surface area contributed by atoms with Crippen molar-refractivity contribution in [2.24, 2.45) is 10.9 Å². The van der Waals surface area contributed by atoms with E-state index in [1.165, 1.54) is 17.3 Å². The van der Waals surface area contributed by atoms with Crippen LogP contribution >= 0.6 is 11.8 Å². The monoisotopic (exact) mass is 214 g/mol. The topological polar surface area (TPSA) is 75.7 Å². The Balaban J connectivity index is 2.56. The van der Waals surface area contributed by atoms with Crippen molar-refractivity contribution in [2.45, 2.75) is 31.3 Å². The van der Waals surface area contributed by atoms with Crippen molar-refractivity contribution in [1.29, 1.82) is 0 Å². The fourth-order valence-corrected chi connectivity index (χ4v) is 2.04. The fraction of sp³-hybridized carbons (Fsp3) is 0.556. The van der Waals surface area contributed by atoms with Crippen LogP contribution in [0.15, 0.2) is 16.6 Å². The second-order valence-electron chi connectivity index (χ2n) is 3.37. The Morgan fingerprint density at radius 3 is 2.71 bits per heavy atom. The van der Waals surface area contributed by atoms with Crippen LogP contribution in [0.1, 0.15) is 25.7 Å². The van der Waals surface area contributed by atoms with Crippen LogP contribution in [0.4, 0.5) is 0 Å². The van der Waals surface area contributed by atoms with Crippen LogP contribution < -0.4 is 5.84 Å². The molecule has 0 unspecified atom stereocenters. The van der Waals surface area contributed by atoms with E-state index in [1.54, 1.807) is 0 Å². The molecule has 0 heterocycles. The summed E-state index contributed by atoms with van der Waals surface area (Å²) in [6.07, 6.45) is 1.76. The maximum atomic E-state index is 11.0. The predicted molar refractivity (Wildman–Crippen MR) is 57.8 cm³/mol. The van der Waals surface area contributed by atoms with Crippen LogP contribution in [0.2, 0.25) is 0 Å². The Morgan fingerprint density at radius 2 is 2.21 bits per heavy atom. The number of thioether (sulfide) groups is 1. The van der Waals surface area contributed by atoms with Gasteiger partial charge < -0.3 is 10.9 Å². The summed E-state index contributed by atoms with van der Waals surface area (Å²) in [6, 6.07) is 0. The Hall–Kier alpha value is -0.810. The SMILES string of the molecule is C=C(S/C=N\N)C1(O)CCC(=O)CC1. The number of carbonyl (C=O) groups is 1. The van der Waals surface area contributed by atoms with Crippen molar-refractivity contribution in [3.8, 4) is 0 Å². The smallest absolute Gasteiger partial charge is 0.133 e. The summed E-state index contributed by atoms with van der Waals surface area (Å²) < 4.78 is 0. The molecule has 0 aromatic carbocycles. The summed E-state index contributed by atoms with van der Waals surface area (Å²) in [5.74, 6) is 5.15. The van der Waals surface area contributed by atoms with Crippen molar-refractivity contribution in [2.75, 3.05) is 0 Å². The zero-order valence-electron chi connectivity index (χ0n) is 7.90. The van der Waals surface area contributed by atoms with E-state index in [-0.39, 0.29) is 5.78 Å². The van der Waals surface area contributed by atoms with E-state index < -0.39 is 5.60 Å². The first kappa shape index (κ1) is 11.3. The van der Waals surface area contributed by atoms with E-state index in [1.807, 2.05) is 0 Å². The summed E-state index contributed by atoms with van der Waals surface area (Å²) in [5.41, 5.74) is 0.497. The molecule has 0 aromatic heterocycles. The van der Waals surface area contributed by atoms with E-state index >= 15 is 0 Å². The minimum absolute atomic E-state index is 0.208. The van der Waals surface area contributed by atoms with Gasteiger partial charge in [0.1, 0.15) is 5.78 Å². The van der Waals surface area contributed by atoms with Crippen LogP contribution in [0.25, 0.3) is 0 Å². The zero-order valence-corrected chi connectivity index (χ0v) is 8.72. The van der Waals surface area contributed by atoms with Gasteiger partial charge in [-0.3, -0.25) is 4.79 Å². The minimum atomic E-state index is -0.931. The molecule has 3 N–H and O–H groups in total. The molecule has 1 aliphatic carbocycles. The van der Waals surface area contributed by atoms with Gasteiger partial charge in [-0.15, -0.1) is 0 Å². The highest BCUT2D eigenvalue weighted by molar-refractivity contribution is 8.15. The summed E-state index contributed by atoms with van der Waals surface area (Å²) in [6.45, 7) is 3.77. The van der Waals surface area contributed by atoms with Gasteiger partial charge in [0.2, 0.25) is 0 Å². The molecule has 4 nitrogen and oxygen atoms in total. The number of rotatable bonds is 3. The third-order valence-electron chi connectivity index (χ3n) is 2.41. The maximum Gasteiger partial charge on any atom is 0.133 e. The Labute approximate surface area is 87.2 Å². The lowest BCUT2D eigenvalue weighted by atomic mass is 9.84. The van der Waals surface area contributed by atoms with E-state index in [0.29, 0.717) is 30.6 Å². The maximum absolute atomic E-state index is 11.0. The van der Waals surface area contributed by atoms with Crippen molar-refractivity contribution in [3.63, 3.8) is 0 Å². The molecule has 14 heavy (non-hydrogen) atoms. The Bertz CT molecular complexity index is 266. The van der Waals surface area contributed by atoms with Crippen LogP contribution in [-0.4, -0.2) is 22.0 Å². The van der Waals surface area contributed by atoms with Crippen molar-refractivity contribution >= 4 is 23.1 Å². The molecule has 0 amide bonds. The second kappa shape index (κ2) is 4.61. The second-order valence-corrected chi connectivity index (χ2v) is 4.31. The predicted octanol–water partition coefficient (Wildman–Crippen LogP) is 1.01. The highest BCUT2D eigenvalue weighted by atomic mass is 32.2. The Morgan fingerprint density at radius 1 is 1.64 bits per heavy atom. The van der Waals surface area contributed by atoms with Crippen LogP contribution in [0.5, 0.6) is 0 Å². The molecule has 1 aliphatic rings. The largest absolute Gasteiger partial charge is 0.385 e. The molecule has 0 atom stereocenters. The van der Waals surface area contributed by atoms with Gasteiger partial charge >= 0.3 is 0 Å². The average Bonchev–Trinajstić information content (AvgIpc) is 2.19. The van der Waals surface area contributed by atoms with Gasteiger partial charge in [-0.1, -0.05) is 18.3 Å². The van der Waals surface area contributed by atoms with Gasteiger partial charge in [0.25, 0.3) is 0 Å². The molecule has 1 saturated carbocycles. The first-order valence-electron chi connectivity index (χ1n) is 4.40. The average molecular weight is 214 g/mol. The lowest BCUT2D eigenvalue weighted by Gasteiger charge is -2.32. The van der Waals surface area contributed by atoms with Crippen LogP contribution in [0, 0.1) is 0 Å². The number of Topliss-reactive ketones (excluding diaryl/α,β-unsaturated/α-hetero) is 1. The molecule has 1 fully saturated rings. The molecule has 0 bridgehead atoms. The first-order valence-corrected chi connectivity index (χ1v) is 5.28. The van der Waals surface area contributed by atoms with Crippen molar-refractivity contribution < 1.29 is 9.90 Å². The molecule has 78 valence electrons. The highest BCUT2D eigenvalue weighted by Crippen LogP contribution is 2.36. The molecular formula is C9H14N2O2S. The van der Waals surface area contributed by atoms with Crippen molar-refractivity contribution in [1.82, 2.24) is 0 Å². The summed E-state index contributed by atoms with van der Waals surface area (Å²) in [7, 11) is 0. The minimum Gasteiger partial charge on any atom is -0.385 e. The number of ketones is 1. The van der Waals surface area contributed by atoms with Gasteiger partial charge in [0.15, 0.2) is 0 Å². The third-order valence-corrected chi connectivity index (χ3v) is 3.30. The standard InChI is InChI=1S/C9H14N2O2S/c1-7(14-6-11-10)9(13)4-2-8(12)3-5-9/h6,13H,1-5,10H2/b11-6-. The van der Waals surface area contributed by atoms with Gasteiger partial charge in [-0.05, 0) is 12.8 Å². The van der Waals surface area contributed by atoms with Crippen molar-refractivity contribution in [3.05, 3.63) is 11.5 Å². The number of hydrogen-bond acceptors (Lipinski definition) is 5. The molecule has 1 rings (SSSR count). The number of hydrogen-bond donors (Lipinski definition) is 2. The molecule has 0 spiro atoms. The van der Waals surface area contributed by atoms with E-state index in [9.17, 15) is 9.90 Å². The first-order chi connectivity index (χ1) is 6.58. The molecule has 0 aliphatic heterocycles. The van der Waals surface area contributed by atoms with Gasteiger partial charge in [-0.2, -0.15) is 5.10 Å². The molecule has 0 aromatic rings. The molecule has 5 heteroatoms. The summed E-state index contributed by atoms with van der Waals surface area (Å²) in [4.78, 5) is 11.6. The highest BCUT2D eigenvalue weighted by Gasteiger charge is 2.34. The van der Waals surface area contributed by atoms with E-state index in [0.717, 1.165) is 0 Å². The molecule has 0 saturated heterocycles. The van der Waals surface area contributed by atoms with Gasteiger partial charge in [-0.25, -0.2) is 0 Å². The van der Waals surface area contributed by atoms with Crippen LogP contribution in [-0.2, 0) is 4.79 Å². The Kier molecular flexibility index (Phi) is 3.71. The number of nitrogens with zero attached hydrogens (tertiary/aromatic N) is 1. The van der Waals surface area contributed by atoms with Gasteiger partial charge in [0.05, 0.1) is 11.1 Å². The third kappa shape index (κ3) is 2.59. The van der Waals surface area contributed by atoms with Gasteiger partial charge in [0, 0.05) is 17.7 Å². The number of nitrogens with two attached hydrogens (primary N) is 1. The summed E-state index contributed by atoms with van der Waals surface area (Å²) in [5, 5.41) is 13.4. The fourth-order valence-electron chi connectivity index (χ4n) is 1.42. The molecular weight excluding hydrogens is 200 g/mol. The number of carbonyl (C=O) groups excluding carboxylic acids is 1. The summed E-state index contributed by atoms with van der Waals surface area (Å²) >= 11 is 1.21. The quantitative estimate of drug-likeness (QED) is 0.318. The van der Waals surface area contributed by atoms with Crippen LogP contribution in [0.3, 0.4) is 0 Å². The lowest BCUT2D eigenvalue weighted by Crippen LogP contribution is -2.34.